The Hall–Kier alpha value is -3.01. The number of carbonyl (C=O) groups excluding carboxylic acids is 1. The molecule has 10 heteroatoms. The average Bonchev–Trinajstić information content (AvgIpc) is 3.28. The van der Waals surface area contributed by atoms with E-state index in [1.54, 1.807) is 4.90 Å². The van der Waals surface area contributed by atoms with Crippen LogP contribution < -0.4 is 10.5 Å². The number of fused-ring (bicyclic) bond motifs is 1. The van der Waals surface area contributed by atoms with Gasteiger partial charge in [-0.15, -0.1) is 0 Å². The summed E-state index contributed by atoms with van der Waals surface area (Å²) in [6.45, 7) is 3.67. The van der Waals surface area contributed by atoms with Gasteiger partial charge in [-0.3, -0.25) is 14.2 Å². The van der Waals surface area contributed by atoms with Gasteiger partial charge in [0.1, 0.15) is 18.3 Å². The minimum Gasteiger partial charge on any atom is -0.308 e. The Labute approximate surface area is 173 Å². The third kappa shape index (κ3) is 3.74. The van der Waals surface area contributed by atoms with E-state index in [2.05, 4.69) is 10.1 Å². The number of nitrogens with zero attached hydrogens (tertiary/aromatic N) is 5. The summed E-state index contributed by atoms with van der Waals surface area (Å²) in [5.74, 6) is -0.128. The van der Waals surface area contributed by atoms with E-state index in [4.69, 9.17) is 0 Å². The molecule has 4 rings (SSSR count). The largest absolute Gasteiger partial charge is 0.308 e. The summed E-state index contributed by atoms with van der Waals surface area (Å²) < 4.78 is 26.3. The number of carbonyl (C=O) groups is 1. The summed E-state index contributed by atoms with van der Waals surface area (Å²) in [7, 11) is -3.09. The van der Waals surface area contributed by atoms with Crippen molar-refractivity contribution >= 4 is 32.5 Å². The minimum atomic E-state index is -3.09. The van der Waals surface area contributed by atoms with E-state index in [0.717, 1.165) is 5.69 Å². The molecule has 1 saturated heterocycles. The van der Waals surface area contributed by atoms with Gasteiger partial charge in [0.05, 0.1) is 23.7 Å². The normalized spacial score (nSPS) is 18.2. The lowest BCUT2D eigenvalue weighted by molar-refractivity contribution is -0.119. The highest BCUT2D eigenvalue weighted by molar-refractivity contribution is 7.91. The molecule has 1 aliphatic rings. The first-order valence-corrected chi connectivity index (χ1v) is 11.6. The van der Waals surface area contributed by atoms with E-state index in [-0.39, 0.29) is 47.0 Å². The Balaban J connectivity index is 1.63. The van der Waals surface area contributed by atoms with Gasteiger partial charge in [0.2, 0.25) is 5.91 Å². The van der Waals surface area contributed by atoms with Crippen LogP contribution >= 0.6 is 0 Å². The van der Waals surface area contributed by atoms with Gasteiger partial charge in [-0.2, -0.15) is 5.10 Å². The molecular formula is C20H23N5O4S. The summed E-state index contributed by atoms with van der Waals surface area (Å²) in [6, 6.07) is 8.88. The van der Waals surface area contributed by atoms with Crippen LogP contribution in [0.5, 0.6) is 0 Å². The standard InChI is InChI=1S/C20H23N5O4S/c1-14(2)24(15-6-4-3-5-7-15)18(26)11-23-13-21-19-17(20(23)27)10-22-25(19)16-8-9-30(28,29)12-16/h3-7,10,13-14,16H,8-9,11-12H2,1-2H3/t16-/m0/s1. The van der Waals surface area contributed by atoms with Gasteiger partial charge < -0.3 is 4.90 Å². The predicted octanol–water partition coefficient (Wildman–Crippen LogP) is 1.39. The van der Waals surface area contributed by atoms with Crippen LogP contribution in [0.2, 0.25) is 0 Å². The van der Waals surface area contributed by atoms with Crippen LogP contribution in [0.25, 0.3) is 11.0 Å². The number of hydrogen-bond donors (Lipinski definition) is 0. The van der Waals surface area contributed by atoms with Crippen molar-refractivity contribution in [3.8, 4) is 0 Å². The molecule has 0 saturated carbocycles. The molecule has 3 aromatic rings. The monoisotopic (exact) mass is 429 g/mol. The molecule has 1 fully saturated rings. The Morgan fingerprint density at radius 2 is 2.00 bits per heavy atom. The van der Waals surface area contributed by atoms with Gasteiger partial charge in [0.25, 0.3) is 5.56 Å². The zero-order chi connectivity index (χ0) is 21.5. The number of hydrogen-bond acceptors (Lipinski definition) is 6. The van der Waals surface area contributed by atoms with Crippen LogP contribution in [0.4, 0.5) is 5.69 Å². The topological polar surface area (TPSA) is 107 Å². The number of sulfone groups is 1. The van der Waals surface area contributed by atoms with Crippen molar-refractivity contribution in [2.75, 3.05) is 16.4 Å². The molecule has 0 N–H and O–H groups in total. The van der Waals surface area contributed by atoms with Crippen molar-refractivity contribution in [3.63, 3.8) is 0 Å². The maximum absolute atomic E-state index is 13.0. The zero-order valence-electron chi connectivity index (χ0n) is 16.8. The summed E-state index contributed by atoms with van der Waals surface area (Å²) in [5.41, 5.74) is 0.724. The zero-order valence-corrected chi connectivity index (χ0v) is 17.6. The highest BCUT2D eigenvalue weighted by Crippen LogP contribution is 2.25. The fourth-order valence-corrected chi connectivity index (χ4v) is 5.55. The van der Waals surface area contributed by atoms with Gasteiger partial charge in [-0.05, 0) is 32.4 Å². The first-order valence-electron chi connectivity index (χ1n) is 9.77. The maximum Gasteiger partial charge on any atom is 0.264 e. The molecule has 0 bridgehead atoms. The van der Waals surface area contributed by atoms with Gasteiger partial charge in [0, 0.05) is 11.7 Å². The second-order valence-corrected chi connectivity index (χ2v) is 9.98. The van der Waals surface area contributed by atoms with Gasteiger partial charge in [0.15, 0.2) is 15.5 Å². The highest BCUT2D eigenvalue weighted by Gasteiger charge is 2.31. The molecule has 0 aliphatic carbocycles. The van der Waals surface area contributed by atoms with Gasteiger partial charge in [-0.1, -0.05) is 18.2 Å². The van der Waals surface area contributed by atoms with Crippen LogP contribution in [0, 0.1) is 0 Å². The summed E-state index contributed by atoms with van der Waals surface area (Å²) in [5, 5.41) is 4.48. The molecule has 3 heterocycles. The van der Waals surface area contributed by atoms with E-state index >= 15 is 0 Å². The van der Waals surface area contributed by atoms with Crippen LogP contribution in [0.1, 0.15) is 26.3 Å². The van der Waals surface area contributed by atoms with Gasteiger partial charge in [-0.25, -0.2) is 18.1 Å². The number of para-hydroxylation sites is 1. The van der Waals surface area contributed by atoms with Crippen molar-refractivity contribution in [3.05, 3.63) is 53.2 Å². The van der Waals surface area contributed by atoms with Crippen LogP contribution in [0.15, 0.2) is 47.7 Å². The van der Waals surface area contributed by atoms with Crippen molar-refractivity contribution in [1.29, 1.82) is 0 Å². The van der Waals surface area contributed by atoms with Crippen LogP contribution in [-0.4, -0.2) is 51.2 Å². The Morgan fingerprint density at radius 1 is 1.27 bits per heavy atom. The summed E-state index contributed by atoms with van der Waals surface area (Å²) >= 11 is 0. The average molecular weight is 430 g/mol. The SMILES string of the molecule is CC(C)N(C(=O)Cn1cnc2c(cnn2[C@H]2CCS(=O)(=O)C2)c1=O)c1ccccc1. The Bertz CT molecular complexity index is 1250. The molecule has 1 aromatic carbocycles. The predicted molar refractivity (Wildman–Crippen MR) is 113 cm³/mol. The van der Waals surface area contributed by atoms with Gasteiger partial charge >= 0.3 is 0 Å². The van der Waals surface area contributed by atoms with E-state index < -0.39 is 9.84 Å². The first-order chi connectivity index (χ1) is 14.3. The van der Waals surface area contributed by atoms with Crippen molar-refractivity contribution in [2.24, 2.45) is 0 Å². The van der Waals surface area contributed by atoms with Crippen LogP contribution in [-0.2, 0) is 21.2 Å². The van der Waals surface area contributed by atoms with Crippen molar-refractivity contribution in [1.82, 2.24) is 19.3 Å². The van der Waals surface area contributed by atoms with Crippen molar-refractivity contribution < 1.29 is 13.2 Å². The quantitative estimate of drug-likeness (QED) is 0.607. The Kier molecular flexibility index (Phi) is 5.19. The lowest BCUT2D eigenvalue weighted by Gasteiger charge is -2.27. The fraction of sp³-hybridized carbons (Fsp3) is 0.400. The molecule has 1 amide bonds. The second-order valence-electron chi connectivity index (χ2n) is 7.75. The van der Waals surface area contributed by atoms with E-state index in [1.807, 2.05) is 44.2 Å². The maximum atomic E-state index is 13.0. The van der Waals surface area contributed by atoms with E-state index in [9.17, 15) is 18.0 Å². The fourth-order valence-electron chi connectivity index (χ4n) is 3.86. The number of anilines is 1. The molecule has 9 nitrogen and oxygen atoms in total. The van der Waals surface area contributed by atoms with E-state index in [0.29, 0.717) is 12.1 Å². The summed E-state index contributed by atoms with van der Waals surface area (Å²) in [4.78, 5) is 31.9. The number of rotatable bonds is 5. The molecule has 158 valence electrons. The third-order valence-corrected chi connectivity index (χ3v) is 7.01. The molecular weight excluding hydrogens is 406 g/mol. The lowest BCUT2D eigenvalue weighted by Crippen LogP contribution is -2.41. The smallest absolute Gasteiger partial charge is 0.264 e. The number of aromatic nitrogens is 4. The third-order valence-electron chi connectivity index (χ3n) is 5.26. The molecule has 0 spiro atoms. The molecule has 30 heavy (non-hydrogen) atoms. The molecule has 1 aliphatic heterocycles. The van der Waals surface area contributed by atoms with Crippen molar-refractivity contribution in [2.45, 2.75) is 38.9 Å². The summed E-state index contributed by atoms with van der Waals surface area (Å²) in [6.07, 6.45) is 3.17. The molecule has 1 atom stereocenters. The minimum absolute atomic E-state index is 0.00649. The molecule has 2 aromatic heterocycles. The van der Waals surface area contributed by atoms with Crippen LogP contribution in [0.3, 0.4) is 0 Å². The lowest BCUT2D eigenvalue weighted by atomic mass is 10.2. The second kappa shape index (κ2) is 7.67. The number of benzene rings is 1. The first kappa shape index (κ1) is 20.3. The molecule has 0 unspecified atom stereocenters. The highest BCUT2D eigenvalue weighted by atomic mass is 32.2. The van der Waals surface area contributed by atoms with E-state index in [1.165, 1.54) is 21.8 Å². The molecule has 0 radical (unpaired) electrons. The Morgan fingerprint density at radius 3 is 2.63 bits per heavy atom. The number of amides is 1.